The number of carboxylic acid groups (broad SMARTS) is 1. The number of nitrogens with zero attached hydrogens (tertiary/aromatic N) is 1. The highest BCUT2D eigenvalue weighted by Crippen LogP contribution is 2.29. The Morgan fingerprint density at radius 2 is 1.42 bits per heavy atom. The molecule has 0 saturated carbocycles. The Hall–Kier alpha value is -3.32. The fourth-order valence-corrected chi connectivity index (χ4v) is 6.61. The quantitative estimate of drug-likeness (QED) is 0.189. The van der Waals surface area contributed by atoms with Crippen molar-refractivity contribution in [2.45, 2.75) is 84.6 Å². The third kappa shape index (κ3) is 9.83. The van der Waals surface area contributed by atoms with Gasteiger partial charge in [-0.3, -0.25) is 19.7 Å². The van der Waals surface area contributed by atoms with Crippen molar-refractivity contribution in [3.8, 4) is 0 Å². The molecule has 0 aliphatic carbocycles. The van der Waals surface area contributed by atoms with Gasteiger partial charge in [0.05, 0.1) is 23.5 Å². The number of esters is 1. The van der Waals surface area contributed by atoms with E-state index in [-0.39, 0.29) is 19.6 Å². The Morgan fingerprint density at radius 1 is 0.911 bits per heavy atom. The monoisotopic (exact) mass is 647 g/mol. The molecule has 0 aliphatic rings. The van der Waals surface area contributed by atoms with Crippen LogP contribution < -0.4 is 10.6 Å². The van der Waals surface area contributed by atoms with Gasteiger partial charge in [0.25, 0.3) is 0 Å². The van der Waals surface area contributed by atoms with E-state index >= 15 is 0 Å². The van der Waals surface area contributed by atoms with Crippen molar-refractivity contribution < 1.29 is 37.8 Å². The fourth-order valence-electron chi connectivity index (χ4n) is 4.56. The van der Waals surface area contributed by atoms with E-state index in [4.69, 9.17) is 4.74 Å². The smallest absolute Gasteiger partial charge is 0.324 e. The zero-order valence-electron chi connectivity index (χ0n) is 27.5. The third-order valence-corrected chi connectivity index (χ3v) is 11.0. The van der Waals surface area contributed by atoms with Crippen molar-refractivity contribution in [2.24, 2.45) is 17.3 Å². The summed E-state index contributed by atoms with van der Waals surface area (Å²) in [6, 6.07) is 17.5. The highest BCUT2D eigenvalue weighted by Gasteiger charge is 2.44. The van der Waals surface area contributed by atoms with Crippen LogP contribution in [0.25, 0.3) is 0 Å². The largest absolute Gasteiger partial charge is 0.480 e. The first-order chi connectivity index (χ1) is 20.8. The Kier molecular flexibility index (Phi) is 13.3. The molecule has 0 saturated heterocycles. The molecule has 2 aromatic rings. The first-order valence-electron chi connectivity index (χ1n) is 15.0. The van der Waals surface area contributed by atoms with Crippen molar-refractivity contribution >= 4 is 27.9 Å². The van der Waals surface area contributed by atoms with Crippen LogP contribution in [0, 0.1) is 17.3 Å². The van der Waals surface area contributed by atoms with Crippen LogP contribution in [0.4, 0.5) is 0 Å². The maximum atomic E-state index is 13.5. The Labute approximate surface area is 267 Å². The number of rotatable bonds is 17. The lowest BCUT2D eigenvalue weighted by Crippen LogP contribution is -2.59. The maximum absolute atomic E-state index is 13.5. The van der Waals surface area contributed by atoms with E-state index in [1.165, 1.54) is 20.9 Å². The van der Waals surface area contributed by atoms with Gasteiger partial charge >= 0.3 is 11.9 Å². The average molecular weight is 648 g/mol. The zero-order chi connectivity index (χ0) is 34.2. The van der Waals surface area contributed by atoms with Gasteiger partial charge in [0.2, 0.25) is 15.9 Å². The van der Waals surface area contributed by atoms with Crippen molar-refractivity contribution in [1.82, 2.24) is 14.9 Å². The Balaban J connectivity index is 2.23. The van der Waals surface area contributed by atoms with Crippen LogP contribution in [-0.4, -0.2) is 77.4 Å². The summed E-state index contributed by atoms with van der Waals surface area (Å²) in [6.07, 6.45) is -1.02. The molecule has 0 spiro atoms. The second kappa shape index (κ2) is 15.8. The number of carbonyl (C=O) groups is 3. The van der Waals surface area contributed by atoms with Crippen LogP contribution in [0.2, 0.25) is 0 Å². The Morgan fingerprint density at radius 3 is 1.91 bits per heavy atom. The van der Waals surface area contributed by atoms with Crippen LogP contribution in [0.15, 0.2) is 60.7 Å². The molecule has 250 valence electrons. The van der Waals surface area contributed by atoms with E-state index in [1.807, 2.05) is 60.7 Å². The number of sulfonamides is 1. The van der Waals surface area contributed by atoms with Crippen LogP contribution in [0.3, 0.4) is 0 Å². The van der Waals surface area contributed by atoms with Gasteiger partial charge in [-0.15, -0.1) is 0 Å². The lowest BCUT2D eigenvalue weighted by Gasteiger charge is -2.36. The second-order valence-corrected chi connectivity index (χ2v) is 14.9. The molecular weight excluding hydrogens is 598 g/mol. The molecule has 0 heterocycles. The number of aliphatic hydroxyl groups excluding tert-OH is 1. The summed E-state index contributed by atoms with van der Waals surface area (Å²) < 4.78 is 33.3. The summed E-state index contributed by atoms with van der Waals surface area (Å²) >= 11 is 0. The summed E-state index contributed by atoms with van der Waals surface area (Å²) in [5.41, 5.74) is -1.26. The lowest BCUT2D eigenvalue weighted by molar-refractivity contribution is -0.161. The van der Waals surface area contributed by atoms with Gasteiger partial charge in [0, 0.05) is 13.6 Å². The normalized spacial score (nSPS) is 15.3. The molecular formula is C33H49N3O8S. The van der Waals surface area contributed by atoms with E-state index in [1.54, 1.807) is 34.6 Å². The number of aliphatic hydroxyl groups is 1. The number of likely N-dealkylation sites (N-methyl/N-ethyl adjacent to an activating group) is 1. The number of ether oxygens (including phenoxy) is 1. The van der Waals surface area contributed by atoms with Crippen molar-refractivity contribution in [3.05, 3.63) is 71.8 Å². The molecule has 4 N–H and O–H groups in total. The molecule has 4 atom stereocenters. The molecule has 0 fully saturated rings. The molecule has 1 amide bonds. The first kappa shape index (κ1) is 37.9. The molecule has 1 unspecified atom stereocenters. The minimum atomic E-state index is -4.18. The number of nitrogens with one attached hydrogen (secondary N) is 2. The van der Waals surface area contributed by atoms with Gasteiger partial charge in [-0.25, -0.2) is 8.42 Å². The molecule has 0 aromatic heterocycles. The molecule has 0 aliphatic heterocycles. The number of amides is 1. The number of carbonyl (C=O) groups excluding carboxylic acids is 2. The predicted octanol–water partition coefficient (Wildman–Crippen LogP) is 3.18. The van der Waals surface area contributed by atoms with E-state index in [9.17, 15) is 33.0 Å². The van der Waals surface area contributed by atoms with Crippen LogP contribution in [-0.2, 0) is 42.2 Å². The van der Waals surface area contributed by atoms with Crippen molar-refractivity contribution in [2.75, 3.05) is 13.6 Å². The maximum Gasteiger partial charge on any atom is 0.324 e. The van der Waals surface area contributed by atoms with Gasteiger partial charge < -0.3 is 20.3 Å². The standard InChI is InChI=1S/C33H49N3O8S/c1-22(2)29(45(42,43)36(8)33(6,7)30(39)40)34-20-27(37)26(19-24-15-11-9-12-16-24)35-28(38)23(3)32(4,5)31(41)44-21-25-17-13-10-14-18-25/h9-18,22-23,26-27,29,34,37H,19-21H2,1-8H3,(H,35,38)(H,39,40)/t23-,26-,27+,29?/m0/s1. The fraction of sp³-hybridized carbons (Fsp3) is 0.545. The van der Waals surface area contributed by atoms with E-state index in [0.717, 1.165) is 15.4 Å². The number of hydrogen-bond donors (Lipinski definition) is 4. The topological polar surface area (TPSA) is 162 Å². The molecule has 11 nitrogen and oxygen atoms in total. The van der Waals surface area contributed by atoms with Gasteiger partial charge in [-0.2, -0.15) is 4.31 Å². The summed E-state index contributed by atoms with van der Waals surface area (Å²) in [5, 5.41) is 25.5. The number of aliphatic carboxylic acids is 1. The molecule has 0 bridgehead atoms. The SMILES string of the molecule is CC(C)C(NC[C@@H](O)[C@H](Cc1ccccc1)NC(=O)[C@H](C)C(C)(C)C(=O)OCc1ccccc1)S(=O)(=O)N(C)C(C)(C)C(=O)O. The molecule has 0 radical (unpaired) electrons. The van der Waals surface area contributed by atoms with Crippen LogP contribution >= 0.6 is 0 Å². The third-order valence-electron chi connectivity index (χ3n) is 8.45. The predicted molar refractivity (Wildman–Crippen MR) is 172 cm³/mol. The van der Waals surface area contributed by atoms with Crippen LogP contribution in [0.5, 0.6) is 0 Å². The summed E-state index contributed by atoms with van der Waals surface area (Å²) in [4.78, 5) is 38.3. The second-order valence-electron chi connectivity index (χ2n) is 12.8. The minimum Gasteiger partial charge on any atom is -0.480 e. The zero-order valence-corrected chi connectivity index (χ0v) is 28.3. The van der Waals surface area contributed by atoms with E-state index in [2.05, 4.69) is 10.6 Å². The van der Waals surface area contributed by atoms with Gasteiger partial charge in [-0.05, 0) is 51.2 Å². The van der Waals surface area contributed by atoms with E-state index in [0.29, 0.717) is 0 Å². The highest BCUT2D eigenvalue weighted by atomic mass is 32.2. The summed E-state index contributed by atoms with van der Waals surface area (Å²) in [7, 11) is -2.97. The summed E-state index contributed by atoms with van der Waals surface area (Å²) in [5.74, 6) is -3.65. The van der Waals surface area contributed by atoms with Gasteiger partial charge in [-0.1, -0.05) is 81.4 Å². The summed E-state index contributed by atoms with van der Waals surface area (Å²) in [6.45, 7) is 10.7. The Bertz CT molecular complexity index is 1380. The molecule has 2 aromatic carbocycles. The molecule has 2 rings (SSSR count). The van der Waals surface area contributed by atoms with Gasteiger partial charge in [0.15, 0.2) is 0 Å². The van der Waals surface area contributed by atoms with E-state index < -0.39 is 68.2 Å². The lowest BCUT2D eigenvalue weighted by atomic mass is 9.79. The number of hydrogen-bond acceptors (Lipinski definition) is 8. The minimum absolute atomic E-state index is 0.0667. The van der Waals surface area contributed by atoms with Gasteiger partial charge in [0.1, 0.15) is 17.5 Å². The number of benzene rings is 2. The highest BCUT2D eigenvalue weighted by molar-refractivity contribution is 7.89. The average Bonchev–Trinajstić information content (AvgIpc) is 2.99. The molecule has 45 heavy (non-hydrogen) atoms. The van der Waals surface area contributed by atoms with Crippen molar-refractivity contribution in [1.29, 1.82) is 0 Å². The molecule has 12 heteroatoms. The first-order valence-corrected chi connectivity index (χ1v) is 16.5. The van der Waals surface area contributed by atoms with Crippen molar-refractivity contribution in [3.63, 3.8) is 0 Å². The number of carboxylic acids is 1. The van der Waals surface area contributed by atoms with Crippen LogP contribution in [0.1, 0.15) is 59.6 Å².